The molecule has 0 aliphatic heterocycles. The highest BCUT2D eigenvalue weighted by Gasteiger charge is 2.12. The highest BCUT2D eigenvalue weighted by molar-refractivity contribution is 7.07. The first-order valence-corrected chi connectivity index (χ1v) is 7.80. The normalized spacial score (nSPS) is 12.5. The molecule has 1 amide bonds. The molecule has 0 spiro atoms. The number of thiophene rings is 1. The van der Waals surface area contributed by atoms with Crippen LogP contribution in [0.3, 0.4) is 0 Å². The summed E-state index contributed by atoms with van der Waals surface area (Å²) in [5.41, 5.74) is 2.27. The fraction of sp³-hybridized carbons (Fsp3) is 0.188. The van der Waals surface area contributed by atoms with Gasteiger partial charge in [-0.1, -0.05) is 0 Å². The maximum Gasteiger partial charge on any atom is 0.224 e. The summed E-state index contributed by atoms with van der Waals surface area (Å²) >= 11 is 1.50. The first kappa shape index (κ1) is 14.7. The van der Waals surface area contributed by atoms with E-state index in [0.29, 0.717) is 5.52 Å². The molecule has 4 nitrogen and oxygen atoms in total. The minimum atomic E-state index is -0.702. The third kappa shape index (κ3) is 3.18. The molecule has 2 heterocycles. The van der Waals surface area contributed by atoms with E-state index in [1.165, 1.54) is 23.5 Å². The van der Waals surface area contributed by atoms with Crippen LogP contribution in [0.4, 0.5) is 4.39 Å². The quantitative estimate of drug-likeness (QED) is 0.677. The van der Waals surface area contributed by atoms with Crippen molar-refractivity contribution in [2.75, 3.05) is 6.54 Å². The van der Waals surface area contributed by atoms with E-state index in [2.05, 4.69) is 10.3 Å². The molecule has 1 unspecified atom stereocenters. The zero-order valence-electron chi connectivity index (χ0n) is 11.7. The summed E-state index contributed by atoms with van der Waals surface area (Å²) in [6.07, 6.45) is 1.19. The van der Waals surface area contributed by atoms with Gasteiger partial charge in [-0.25, -0.2) is 4.39 Å². The largest absolute Gasteiger partial charge is 0.387 e. The van der Waals surface area contributed by atoms with Crippen molar-refractivity contribution in [3.05, 3.63) is 58.2 Å². The number of aromatic nitrogens is 1. The van der Waals surface area contributed by atoms with Gasteiger partial charge in [-0.15, -0.1) is 0 Å². The number of fused-ring (bicyclic) bond motifs is 1. The number of benzene rings is 1. The van der Waals surface area contributed by atoms with Crippen LogP contribution < -0.4 is 5.32 Å². The Morgan fingerprint density at radius 1 is 1.41 bits per heavy atom. The number of H-pyrrole nitrogens is 1. The molecule has 22 heavy (non-hydrogen) atoms. The number of carbonyl (C=O) groups excluding carboxylic acids is 1. The van der Waals surface area contributed by atoms with Crippen molar-refractivity contribution in [1.29, 1.82) is 0 Å². The highest BCUT2D eigenvalue weighted by Crippen LogP contribution is 2.20. The smallest absolute Gasteiger partial charge is 0.224 e. The van der Waals surface area contributed by atoms with Gasteiger partial charge >= 0.3 is 0 Å². The van der Waals surface area contributed by atoms with E-state index in [1.54, 1.807) is 12.3 Å². The van der Waals surface area contributed by atoms with Crippen LogP contribution in [0.25, 0.3) is 10.9 Å². The van der Waals surface area contributed by atoms with Crippen molar-refractivity contribution in [1.82, 2.24) is 10.3 Å². The Labute approximate surface area is 130 Å². The molecule has 0 fully saturated rings. The monoisotopic (exact) mass is 318 g/mol. The number of halogens is 1. The first-order chi connectivity index (χ1) is 10.6. The van der Waals surface area contributed by atoms with E-state index in [0.717, 1.165) is 16.5 Å². The van der Waals surface area contributed by atoms with Crippen molar-refractivity contribution >= 4 is 28.1 Å². The molecule has 1 aromatic carbocycles. The van der Waals surface area contributed by atoms with Crippen LogP contribution >= 0.6 is 11.3 Å². The van der Waals surface area contributed by atoms with Crippen LogP contribution in [-0.2, 0) is 11.2 Å². The molecule has 6 heteroatoms. The molecule has 3 aromatic rings. The molecule has 0 radical (unpaired) electrons. The van der Waals surface area contributed by atoms with Gasteiger partial charge in [0.2, 0.25) is 5.91 Å². The van der Waals surface area contributed by atoms with Gasteiger partial charge in [0.05, 0.1) is 12.5 Å². The summed E-state index contributed by atoms with van der Waals surface area (Å²) in [7, 11) is 0. The lowest BCUT2D eigenvalue weighted by atomic mass is 10.1. The molecule has 0 aliphatic carbocycles. The van der Waals surface area contributed by atoms with Gasteiger partial charge in [-0.2, -0.15) is 11.3 Å². The van der Waals surface area contributed by atoms with Crippen molar-refractivity contribution in [2.24, 2.45) is 0 Å². The number of aliphatic hydroxyl groups excluding tert-OH is 1. The van der Waals surface area contributed by atoms with Gasteiger partial charge in [0.1, 0.15) is 5.82 Å². The number of aromatic amines is 1. The van der Waals surface area contributed by atoms with Gasteiger partial charge in [-0.3, -0.25) is 4.79 Å². The Bertz CT molecular complexity index is 783. The van der Waals surface area contributed by atoms with E-state index in [-0.39, 0.29) is 24.7 Å². The molecule has 3 rings (SSSR count). The number of amides is 1. The minimum Gasteiger partial charge on any atom is -0.387 e. The van der Waals surface area contributed by atoms with Crippen LogP contribution in [-0.4, -0.2) is 22.5 Å². The lowest BCUT2D eigenvalue weighted by molar-refractivity contribution is -0.120. The van der Waals surface area contributed by atoms with E-state index in [1.807, 2.05) is 16.8 Å². The predicted octanol–water partition coefficient (Wildman–Crippen LogP) is 2.76. The Morgan fingerprint density at radius 3 is 3.05 bits per heavy atom. The third-order valence-corrected chi connectivity index (χ3v) is 4.20. The van der Waals surface area contributed by atoms with Crippen LogP contribution in [0.1, 0.15) is 17.2 Å². The lowest BCUT2D eigenvalue weighted by Gasteiger charge is -2.10. The number of aliphatic hydroxyl groups is 1. The summed E-state index contributed by atoms with van der Waals surface area (Å²) in [6.45, 7) is 0.173. The second kappa shape index (κ2) is 6.29. The molecular weight excluding hydrogens is 303 g/mol. The number of hydrogen-bond donors (Lipinski definition) is 3. The summed E-state index contributed by atoms with van der Waals surface area (Å²) in [5.74, 6) is -0.497. The van der Waals surface area contributed by atoms with Crippen LogP contribution in [0.5, 0.6) is 0 Å². The molecular formula is C16H15FN2O2S. The molecule has 114 valence electrons. The van der Waals surface area contributed by atoms with Crippen LogP contribution in [0.15, 0.2) is 41.2 Å². The Kier molecular flexibility index (Phi) is 4.22. The average Bonchev–Trinajstić information content (AvgIpc) is 3.15. The maximum absolute atomic E-state index is 13.1. The predicted molar refractivity (Wildman–Crippen MR) is 84.2 cm³/mol. The topological polar surface area (TPSA) is 65.1 Å². The van der Waals surface area contributed by atoms with Gasteiger partial charge in [-0.05, 0) is 46.2 Å². The molecule has 0 bridgehead atoms. The molecule has 1 atom stereocenters. The number of rotatable bonds is 5. The fourth-order valence-corrected chi connectivity index (χ4v) is 3.04. The summed E-state index contributed by atoms with van der Waals surface area (Å²) < 4.78 is 13.1. The van der Waals surface area contributed by atoms with Crippen LogP contribution in [0.2, 0.25) is 0 Å². The standard InChI is InChI=1S/C16H15FN2O2S/c17-12-1-2-13-11(7-18-14(13)6-12)5-16(21)19-8-15(20)10-3-4-22-9-10/h1-4,6-7,9,15,18,20H,5,8H2,(H,19,21). The van der Waals surface area contributed by atoms with Crippen molar-refractivity contribution in [2.45, 2.75) is 12.5 Å². The van der Waals surface area contributed by atoms with Gasteiger partial charge in [0.15, 0.2) is 0 Å². The third-order valence-electron chi connectivity index (χ3n) is 3.50. The Balaban J connectivity index is 1.61. The number of carbonyl (C=O) groups is 1. The SMILES string of the molecule is O=C(Cc1c[nH]c2cc(F)ccc12)NCC(O)c1ccsc1. The summed E-state index contributed by atoms with van der Waals surface area (Å²) in [5, 5.41) is 17.2. The first-order valence-electron chi connectivity index (χ1n) is 6.86. The molecule has 2 aromatic heterocycles. The van der Waals surface area contributed by atoms with Crippen molar-refractivity contribution in [3.63, 3.8) is 0 Å². The molecule has 3 N–H and O–H groups in total. The zero-order chi connectivity index (χ0) is 15.5. The molecule has 0 saturated carbocycles. The van der Waals surface area contributed by atoms with E-state index < -0.39 is 6.10 Å². The molecule has 0 aliphatic rings. The Hall–Kier alpha value is -2.18. The second-order valence-corrected chi connectivity index (χ2v) is 5.84. The van der Waals surface area contributed by atoms with E-state index >= 15 is 0 Å². The summed E-state index contributed by atoms with van der Waals surface area (Å²) in [4.78, 5) is 14.9. The number of hydrogen-bond acceptors (Lipinski definition) is 3. The second-order valence-electron chi connectivity index (χ2n) is 5.06. The van der Waals surface area contributed by atoms with Crippen molar-refractivity contribution in [3.8, 4) is 0 Å². The minimum absolute atomic E-state index is 0.173. The zero-order valence-corrected chi connectivity index (χ0v) is 12.5. The van der Waals surface area contributed by atoms with Crippen molar-refractivity contribution < 1.29 is 14.3 Å². The summed E-state index contributed by atoms with van der Waals surface area (Å²) in [6, 6.07) is 6.26. The number of nitrogens with one attached hydrogen (secondary N) is 2. The van der Waals surface area contributed by atoms with Gasteiger partial charge in [0, 0.05) is 23.6 Å². The van der Waals surface area contributed by atoms with Crippen LogP contribution in [0, 0.1) is 5.82 Å². The lowest BCUT2D eigenvalue weighted by Crippen LogP contribution is -2.29. The highest BCUT2D eigenvalue weighted by atomic mass is 32.1. The van der Waals surface area contributed by atoms with Gasteiger partial charge in [0.25, 0.3) is 0 Å². The molecule has 0 saturated heterocycles. The van der Waals surface area contributed by atoms with E-state index in [9.17, 15) is 14.3 Å². The average molecular weight is 318 g/mol. The maximum atomic E-state index is 13.1. The van der Waals surface area contributed by atoms with Gasteiger partial charge < -0.3 is 15.4 Å². The Morgan fingerprint density at radius 2 is 2.27 bits per heavy atom. The fourth-order valence-electron chi connectivity index (χ4n) is 2.33. The van der Waals surface area contributed by atoms with E-state index in [4.69, 9.17) is 0 Å².